The summed E-state index contributed by atoms with van der Waals surface area (Å²) in [6, 6.07) is 11.9. The lowest BCUT2D eigenvalue weighted by Gasteiger charge is -2.23. The predicted octanol–water partition coefficient (Wildman–Crippen LogP) is 4.25. The lowest BCUT2D eigenvalue weighted by molar-refractivity contribution is 0.0929. The van der Waals surface area contributed by atoms with E-state index < -0.39 is 5.82 Å². The summed E-state index contributed by atoms with van der Waals surface area (Å²) in [4.78, 5) is 15.7. The SMILES string of the molecule is O=C(NC1CCc2[nH]c3cc(Cl)ccc3c2C1)c1ccccc1F. The van der Waals surface area contributed by atoms with Crippen molar-refractivity contribution in [1.82, 2.24) is 10.3 Å². The highest BCUT2D eigenvalue weighted by atomic mass is 35.5. The van der Waals surface area contributed by atoms with Gasteiger partial charge in [0, 0.05) is 27.7 Å². The van der Waals surface area contributed by atoms with E-state index in [1.807, 2.05) is 18.2 Å². The molecular formula is C19H16ClFN2O. The van der Waals surface area contributed by atoms with Crippen LogP contribution in [-0.2, 0) is 12.8 Å². The second kappa shape index (κ2) is 5.95. The third-order valence-corrected chi connectivity index (χ3v) is 4.84. The minimum Gasteiger partial charge on any atom is -0.358 e. The van der Waals surface area contributed by atoms with Gasteiger partial charge in [0.25, 0.3) is 5.91 Å². The third kappa shape index (κ3) is 2.67. The van der Waals surface area contributed by atoms with Gasteiger partial charge in [0.1, 0.15) is 5.82 Å². The van der Waals surface area contributed by atoms with E-state index >= 15 is 0 Å². The molecule has 3 nitrogen and oxygen atoms in total. The van der Waals surface area contributed by atoms with Crippen LogP contribution >= 0.6 is 11.6 Å². The maximum absolute atomic E-state index is 13.8. The molecule has 1 aliphatic rings. The minimum atomic E-state index is -0.492. The first-order chi connectivity index (χ1) is 11.6. The Kier molecular flexibility index (Phi) is 3.77. The number of H-pyrrole nitrogens is 1. The molecule has 2 N–H and O–H groups in total. The van der Waals surface area contributed by atoms with Gasteiger partial charge in [0.05, 0.1) is 5.56 Å². The number of nitrogens with one attached hydrogen (secondary N) is 2. The number of rotatable bonds is 2. The van der Waals surface area contributed by atoms with Crippen LogP contribution in [0.4, 0.5) is 4.39 Å². The minimum absolute atomic E-state index is 0.000663. The van der Waals surface area contributed by atoms with E-state index in [0.717, 1.165) is 30.2 Å². The first-order valence-corrected chi connectivity index (χ1v) is 8.34. The Labute approximate surface area is 143 Å². The van der Waals surface area contributed by atoms with Crippen molar-refractivity contribution in [3.63, 3.8) is 0 Å². The van der Waals surface area contributed by atoms with Gasteiger partial charge in [0.15, 0.2) is 0 Å². The van der Waals surface area contributed by atoms with E-state index in [9.17, 15) is 9.18 Å². The lowest BCUT2D eigenvalue weighted by atomic mass is 9.91. The molecule has 1 aromatic heterocycles. The molecule has 4 rings (SSSR count). The number of carbonyl (C=O) groups excluding carboxylic acids is 1. The fourth-order valence-corrected chi connectivity index (χ4v) is 3.60. The van der Waals surface area contributed by atoms with Crippen molar-refractivity contribution in [3.05, 3.63) is 70.1 Å². The smallest absolute Gasteiger partial charge is 0.254 e. The summed E-state index contributed by atoms with van der Waals surface area (Å²) in [7, 11) is 0. The Bertz CT molecular complexity index is 934. The quantitative estimate of drug-likeness (QED) is 0.718. The fourth-order valence-electron chi connectivity index (χ4n) is 3.43. The van der Waals surface area contributed by atoms with E-state index in [1.54, 1.807) is 12.1 Å². The molecular weight excluding hydrogens is 327 g/mol. The molecule has 3 aromatic rings. The Balaban J connectivity index is 1.57. The van der Waals surface area contributed by atoms with Gasteiger partial charge in [-0.25, -0.2) is 4.39 Å². The van der Waals surface area contributed by atoms with Crippen LogP contribution in [-0.4, -0.2) is 16.9 Å². The fraction of sp³-hybridized carbons (Fsp3) is 0.211. The highest BCUT2D eigenvalue weighted by Gasteiger charge is 2.24. The zero-order valence-electron chi connectivity index (χ0n) is 12.9. The molecule has 0 spiro atoms. The first kappa shape index (κ1) is 15.2. The number of aromatic amines is 1. The van der Waals surface area contributed by atoms with Crippen LogP contribution in [0.2, 0.25) is 5.02 Å². The highest BCUT2D eigenvalue weighted by Crippen LogP contribution is 2.30. The largest absolute Gasteiger partial charge is 0.358 e. The van der Waals surface area contributed by atoms with Crippen molar-refractivity contribution >= 4 is 28.4 Å². The number of amides is 1. The van der Waals surface area contributed by atoms with Gasteiger partial charge in [0.2, 0.25) is 0 Å². The molecule has 1 aliphatic carbocycles. The van der Waals surface area contributed by atoms with E-state index in [1.165, 1.54) is 23.4 Å². The monoisotopic (exact) mass is 342 g/mol. The molecule has 1 heterocycles. The highest BCUT2D eigenvalue weighted by molar-refractivity contribution is 6.31. The molecule has 0 saturated carbocycles. The van der Waals surface area contributed by atoms with Gasteiger partial charge >= 0.3 is 0 Å². The molecule has 2 aromatic carbocycles. The second-order valence-corrected chi connectivity index (χ2v) is 6.60. The van der Waals surface area contributed by atoms with Crippen molar-refractivity contribution in [2.75, 3.05) is 0 Å². The summed E-state index contributed by atoms with van der Waals surface area (Å²) in [5.41, 5.74) is 3.53. The van der Waals surface area contributed by atoms with Crippen LogP contribution in [0.1, 0.15) is 28.0 Å². The number of fused-ring (bicyclic) bond motifs is 3. The Hall–Kier alpha value is -2.33. The van der Waals surface area contributed by atoms with Crippen molar-refractivity contribution < 1.29 is 9.18 Å². The maximum Gasteiger partial charge on any atom is 0.254 e. The molecule has 0 saturated heterocycles. The van der Waals surface area contributed by atoms with E-state index in [-0.39, 0.29) is 17.5 Å². The van der Waals surface area contributed by atoms with E-state index in [4.69, 9.17) is 11.6 Å². The molecule has 1 amide bonds. The predicted molar refractivity (Wildman–Crippen MR) is 93.0 cm³/mol. The Morgan fingerprint density at radius 2 is 2.08 bits per heavy atom. The molecule has 122 valence electrons. The molecule has 0 radical (unpaired) electrons. The molecule has 24 heavy (non-hydrogen) atoms. The van der Waals surface area contributed by atoms with Crippen LogP contribution in [0.25, 0.3) is 10.9 Å². The average molecular weight is 343 g/mol. The number of hydrogen-bond acceptors (Lipinski definition) is 1. The number of hydrogen-bond donors (Lipinski definition) is 2. The van der Waals surface area contributed by atoms with Gasteiger partial charge in [-0.1, -0.05) is 29.8 Å². The Morgan fingerprint density at radius 3 is 2.92 bits per heavy atom. The van der Waals surface area contributed by atoms with Crippen molar-refractivity contribution in [3.8, 4) is 0 Å². The van der Waals surface area contributed by atoms with Crippen molar-refractivity contribution in [2.45, 2.75) is 25.3 Å². The maximum atomic E-state index is 13.8. The first-order valence-electron chi connectivity index (χ1n) is 7.96. The van der Waals surface area contributed by atoms with Crippen LogP contribution in [0.3, 0.4) is 0 Å². The van der Waals surface area contributed by atoms with Crippen LogP contribution in [0.15, 0.2) is 42.5 Å². The van der Waals surface area contributed by atoms with E-state index in [2.05, 4.69) is 10.3 Å². The van der Waals surface area contributed by atoms with Gasteiger partial charge < -0.3 is 10.3 Å². The summed E-state index contributed by atoms with van der Waals surface area (Å²) in [6.07, 6.45) is 2.41. The standard InChI is InChI=1S/C19H16ClFN2O/c20-11-5-7-13-15-10-12(6-8-17(15)23-18(13)9-11)22-19(24)14-3-1-2-4-16(14)21/h1-5,7,9,12,23H,6,8,10H2,(H,22,24). The summed E-state index contributed by atoms with van der Waals surface area (Å²) in [6.45, 7) is 0. The summed E-state index contributed by atoms with van der Waals surface area (Å²) in [5, 5.41) is 4.80. The van der Waals surface area contributed by atoms with Crippen molar-refractivity contribution in [2.24, 2.45) is 0 Å². The molecule has 0 aliphatic heterocycles. The average Bonchev–Trinajstić information content (AvgIpc) is 2.92. The number of carbonyl (C=O) groups is 1. The molecule has 1 unspecified atom stereocenters. The normalized spacial score (nSPS) is 16.8. The second-order valence-electron chi connectivity index (χ2n) is 6.17. The molecule has 1 atom stereocenters. The topological polar surface area (TPSA) is 44.9 Å². The molecule has 0 fully saturated rings. The van der Waals surface area contributed by atoms with Crippen LogP contribution in [0, 0.1) is 5.82 Å². The number of halogens is 2. The third-order valence-electron chi connectivity index (χ3n) is 4.60. The Morgan fingerprint density at radius 1 is 1.25 bits per heavy atom. The van der Waals surface area contributed by atoms with Gasteiger partial charge in [-0.15, -0.1) is 0 Å². The van der Waals surface area contributed by atoms with Gasteiger partial charge in [-0.2, -0.15) is 0 Å². The van der Waals surface area contributed by atoms with Crippen LogP contribution < -0.4 is 5.32 Å². The lowest BCUT2D eigenvalue weighted by Crippen LogP contribution is -2.39. The van der Waals surface area contributed by atoms with Gasteiger partial charge in [-0.05, 0) is 49.1 Å². The number of aromatic nitrogens is 1. The summed E-state index contributed by atoms with van der Waals surface area (Å²) < 4.78 is 13.8. The summed E-state index contributed by atoms with van der Waals surface area (Å²) in [5.74, 6) is -0.849. The van der Waals surface area contributed by atoms with E-state index in [0.29, 0.717) is 5.02 Å². The van der Waals surface area contributed by atoms with Crippen molar-refractivity contribution in [1.29, 1.82) is 0 Å². The van der Waals surface area contributed by atoms with Crippen LogP contribution in [0.5, 0.6) is 0 Å². The zero-order valence-corrected chi connectivity index (χ0v) is 13.7. The number of benzene rings is 2. The summed E-state index contributed by atoms with van der Waals surface area (Å²) >= 11 is 6.05. The number of aryl methyl sites for hydroxylation is 1. The zero-order chi connectivity index (χ0) is 16.7. The molecule has 0 bridgehead atoms. The van der Waals surface area contributed by atoms with Gasteiger partial charge in [-0.3, -0.25) is 4.79 Å². The molecule has 5 heteroatoms.